The highest BCUT2D eigenvalue weighted by Crippen LogP contribution is 2.27. The van der Waals surface area contributed by atoms with E-state index < -0.39 is 11.6 Å². The molecule has 0 aliphatic rings. The molecule has 1 nitrogen and oxygen atoms in total. The average Bonchev–Trinajstić information content (AvgIpc) is 2.71. The molecule has 1 aromatic carbocycles. The van der Waals surface area contributed by atoms with E-state index in [2.05, 4.69) is 4.98 Å². The molecule has 0 aliphatic carbocycles. The first-order chi connectivity index (χ1) is 7.61. The quantitative estimate of drug-likeness (QED) is 0.739. The van der Waals surface area contributed by atoms with Crippen molar-refractivity contribution in [3.05, 3.63) is 39.7 Å². The maximum Gasteiger partial charge on any atom is 0.133 e. The molecule has 0 fully saturated rings. The zero-order valence-corrected chi connectivity index (χ0v) is 10.0. The molecule has 2 aromatic rings. The van der Waals surface area contributed by atoms with E-state index in [0.29, 0.717) is 10.7 Å². The standard InChI is InChI=1S/C11H8ClF2NS/c1-6-2-9(14)7(3-8(6)13)10-5-16-11(4-12)15-10/h2-3,5H,4H2,1H3. The van der Waals surface area contributed by atoms with Gasteiger partial charge in [0.1, 0.15) is 16.6 Å². The first-order valence-electron chi connectivity index (χ1n) is 4.58. The lowest BCUT2D eigenvalue weighted by molar-refractivity contribution is 0.595. The molecule has 1 aromatic heterocycles. The summed E-state index contributed by atoms with van der Waals surface area (Å²) in [7, 11) is 0. The smallest absolute Gasteiger partial charge is 0.133 e. The number of hydrogen-bond acceptors (Lipinski definition) is 2. The van der Waals surface area contributed by atoms with E-state index in [1.54, 1.807) is 5.38 Å². The Morgan fingerprint density at radius 3 is 2.69 bits per heavy atom. The van der Waals surface area contributed by atoms with Crippen molar-refractivity contribution in [2.24, 2.45) is 0 Å². The number of aromatic nitrogens is 1. The van der Waals surface area contributed by atoms with Crippen molar-refractivity contribution in [1.29, 1.82) is 0 Å². The first kappa shape index (κ1) is 11.5. The maximum atomic E-state index is 13.6. The van der Waals surface area contributed by atoms with Crippen molar-refractivity contribution in [3.8, 4) is 11.3 Å². The number of nitrogens with zero attached hydrogens (tertiary/aromatic N) is 1. The largest absolute Gasteiger partial charge is 0.240 e. The van der Waals surface area contributed by atoms with Gasteiger partial charge in [-0.05, 0) is 24.6 Å². The number of rotatable bonds is 2. The Morgan fingerprint density at radius 2 is 2.06 bits per heavy atom. The van der Waals surface area contributed by atoms with Gasteiger partial charge >= 0.3 is 0 Å². The Balaban J connectivity index is 2.51. The summed E-state index contributed by atoms with van der Waals surface area (Å²) >= 11 is 6.94. The molecule has 0 amide bonds. The fourth-order valence-corrected chi connectivity index (χ4v) is 2.23. The number of halogens is 3. The van der Waals surface area contributed by atoms with Crippen molar-refractivity contribution in [1.82, 2.24) is 4.98 Å². The van der Waals surface area contributed by atoms with Gasteiger partial charge < -0.3 is 0 Å². The van der Waals surface area contributed by atoms with E-state index in [1.165, 1.54) is 24.3 Å². The molecule has 0 saturated carbocycles. The van der Waals surface area contributed by atoms with Gasteiger partial charge in [-0.25, -0.2) is 13.8 Å². The molecule has 0 atom stereocenters. The summed E-state index contributed by atoms with van der Waals surface area (Å²) in [6.07, 6.45) is 0. The molecule has 1 heterocycles. The molecule has 84 valence electrons. The lowest BCUT2D eigenvalue weighted by Crippen LogP contribution is -1.90. The predicted octanol–water partition coefficient (Wildman–Crippen LogP) is 4.14. The molecule has 0 unspecified atom stereocenters. The molecule has 0 saturated heterocycles. The minimum absolute atomic E-state index is 0.177. The van der Waals surface area contributed by atoms with E-state index in [1.807, 2.05) is 0 Å². The number of hydrogen-bond donors (Lipinski definition) is 0. The van der Waals surface area contributed by atoms with Crippen molar-refractivity contribution in [2.45, 2.75) is 12.8 Å². The normalized spacial score (nSPS) is 10.8. The summed E-state index contributed by atoms with van der Waals surface area (Å²) in [4.78, 5) is 4.11. The number of alkyl halides is 1. The van der Waals surface area contributed by atoms with Crippen LogP contribution in [0.3, 0.4) is 0 Å². The summed E-state index contributed by atoms with van der Waals surface area (Å²) in [5, 5.41) is 2.36. The zero-order chi connectivity index (χ0) is 11.7. The second-order valence-corrected chi connectivity index (χ2v) is 4.55. The highest BCUT2D eigenvalue weighted by Gasteiger charge is 2.12. The van der Waals surface area contributed by atoms with Crippen LogP contribution in [0.5, 0.6) is 0 Å². The maximum absolute atomic E-state index is 13.6. The molecule has 0 spiro atoms. The molecule has 16 heavy (non-hydrogen) atoms. The zero-order valence-electron chi connectivity index (χ0n) is 8.43. The highest BCUT2D eigenvalue weighted by molar-refractivity contribution is 7.10. The summed E-state index contributed by atoms with van der Waals surface area (Å²) < 4.78 is 26.9. The third-order valence-corrected chi connectivity index (χ3v) is 3.45. The molecule has 0 aliphatic heterocycles. The van der Waals surface area contributed by atoms with Gasteiger partial charge in [-0.15, -0.1) is 22.9 Å². The van der Waals surface area contributed by atoms with Crippen LogP contribution in [0.2, 0.25) is 0 Å². The highest BCUT2D eigenvalue weighted by atomic mass is 35.5. The van der Waals surface area contributed by atoms with Crippen LogP contribution in [0.15, 0.2) is 17.5 Å². The van der Waals surface area contributed by atoms with E-state index in [0.717, 1.165) is 6.07 Å². The monoisotopic (exact) mass is 259 g/mol. The van der Waals surface area contributed by atoms with Gasteiger partial charge in [0.05, 0.1) is 11.6 Å². The van der Waals surface area contributed by atoms with Crippen LogP contribution in [0.1, 0.15) is 10.6 Å². The van der Waals surface area contributed by atoms with Gasteiger partial charge in [0, 0.05) is 10.9 Å². The molecule has 0 bridgehead atoms. The number of aryl methyl sites for hydroxylation is 1. The molecule has 0 radical (unpaired) electrons. The lowest BCUT2D eigenvalue weighted by Gasteiger charge is -2.02. The number of benzene rings is 1. The van der Waals surface area contributed by atoms with E-state index in [-0.39, 0.29) is 17.0 Å². The van der Waals surface area contributed by atoms with Crippen LogP contribution in [0, 0.1) is 18.6 Å². The van der Waals surface area contributed by atoms with E-state index >= 15 is 0 Å². The third kappa shape index (κ3) is 2.08. The van der Waals surface area contributed by atoms with Crippen molar-refractivity contribution in [3.63, 3.8) is 0 Å². The Hall–Kier alpha value is -1.00. The van der Waals surface area contributed by atoms with Crippen LogP contribution in [-0.4, -0.2) is 4.98 Å². The Morgan fingerprint density at radius 1 is 1.31 bits per heavy atom. The van der Waals surface area contributed by atoms with Crippen LogP contribution in [0.25, 0.3) is 11.3 Å². The minimum atomic E-state index is -0.467. The summed E-state index contributed by atoms with van der Waals surface area (Å²) in [5.74, 6) is -0.622. The van der Waals surface area contributed by atoms with Crippen LogP contribution >= 0.6 is 22.9 Å². The molecule has 2 rings (SSSR count). The Kier molecular flexibility index (Phi) is 3.21. The number of thiazole rings is 1. The van der Waals surface area contributed by atoms with Crippen LogP contribution in [-0.2, 0) is 5.88 Å². The second-order valence-electron chi connectivity index (χ2n) is 3.34. The molecule has 0 N–H and O–H groups in total. The summed E-state index contributed by atoms with van der Waals surface area (Å²) in [5.41, 5.74) is 0.891. The minimum Gasteiger partial charge on any atom is -0.240 e. The van der Waals surface area contributed by atoms with Crippen molar-refractivity contribution in [2.75, 3.05) is 0 Å². The fraction of sp³-hybridized carbons (Fsp3) is 0.182. The Labute approximate surface area is 101 Å². The Bertz CT molecular complexity index is 525. The summed E-state index contributed by atoms with van der Waals surface area (Å²) in [6.45, 7) is 1.52. The average molecular weight is 260 g/mol. The molecular weight excluding hydrogens is 252 g/mol. The van der Waals surface area contributed by atoms with Gasteiger partial charge in [-0.1, -0.05) is 0 Å². The van der Waals surface area contributed by atoms with Gasteiger partial charge in [0.25, 0.3) is 0 Å². The van der Waals surface area contributed by atoms with Crippen LogP contribution < -0.4 is 0 Å². The van der Waals surface area contributed by atoms with Gasteiger partial charge in [0.2, 0.25) is 0 Å². The topological polar surface area (TPSA) is 12.9 Å². The fourth-order valence-electron chi connectivity index (χ4n) is 1.34. The van der Waals surface area contributed by atoms with Crippen molar-refractivity contribution >= 4 is 22.9 Å². The van der Waals surface area contributed by atoms with Crippen LogP contribution in [0.4, 0.5) is 8.78 Å². The van der Waals surface area contributed by atoms with E-state index in [4.69, 9.17) is 11.6 Å². The molecule has 5 heteroatoms. The molecular formula is C11H8ClF2NS. The lowest BCUT2D eigenvalue weighted by atomic mass is 10.1. The van der Waals surface area contributed by atoms with Gasteiger partial charge in [-0.3, -0.25) is 0 Å². The first-order valence-corrected chi connectivity index (χ1v) is 5.99. The third-order valence-electron chi connectivity index (χ3n) is 2.19. The van der Waals surface area contributed by atoms with Crippen molar-refractivity contribution < 1.29 is 8.78 Å². The second kappa shape index (κ2) is 4.47. The SMILES string of the molecule is Cc1cc(F)c(-c2csc(CCl)n2)cc1F. The van der Waals surface area contributed by atoms with Gasteiger partial charge in [0.15, 0.2) is 0 Å². The van der Waals surface area contributed by atoms with Gasteiger partial charge in [-0.2, -0.15) is 0 Å². The summed E-state index contributed by atoms with van der Waals surface area (Å²) in [6, 6.07) is 2.34. The van der Waals surface area contributed by atoms with E-state index in [9.17, 15) is 8.78 Å². The predicted molar refractivity (Wildman–Crippen MR) is 61.8 cm³/mol.